The summed E-state index contributed by atoms with van der Waals surface area (Å²) >= 11 is 0. The predicted molar refractivity (Wildman–Crippen MR) is 79.9 cm³/mol. The lowest BCUT2D eigenvalue weighted by Gasteiger charge is -2.29. The molecule has 4 nitrogen and oxygen atoms in total. The Hall–Kier alpha value is -0.610. The van der Waals surface area contributed by atoms with Crippen LogP contribution in [0, 0.1) is 11.8 Å². The van der Waals surface area contributed by atoms with Gasteiger partial charge in [0.05, 0.1) is 6.04 Å². The fraction of sp³-hybridized carbons (Fsp3) is 0.933. The highest BCUT2D eigenvalue weighted by Crippen LogP contribution is 2.10. The van der Waals surface area contributed by atoms with Crippen molar-refractivity contribution in [3.05, 3.63) is 0 Å². The minimum atomic E-state index is -0.359. The first-order valence-corrected chi connectivity index (χ1v) is 7.74. The molecule has 2 unspecified atom stereocenters. The third kappa shape index (κ3) is 6.92. The van der Waals surface area contributed by atoms with Gasteiger partial charge in [-0.2, -0.15) is 0 Å². The number of nitrogens with zero attached hydrogens (tertiary/aromatic N) is 1. The molecule has 1 aliphatic rings. The largest absolute Gasteiger partial charge is 0.354 e. The van der Waals surface area contributed by atoms with Gasteiger partial charge in [0, 0.05) is 13.1 Å². The summed E-state index contributed by atoms with van der Waals surface area (Å²) < 4.78 is 0. The molecule has 3 N–H and O–H groups in total. The topological polar surface area (TPSA) is 58.4 Å². The first-order valence-electron chi connectivity index (χ1n) is 7.74. The molecule has 1 rings (SSSR count). The molecule has 0 saturated carbocycles. The summed E-state index contributed by atoms with van der Waals surface area (Å²) in [5.41, 5.74) is 5.87. The number of nitrogens with one attached hydrogen (secondary N) is 1. The number of likely N-dealkylation sites (tertiary alicyclic amines) is 1. The van der Waals surface area contributed by atoms with Gasteiger partial charge in [0.25, 0.3) is 0 Å². The highest BCUT2D eigenvalue weighted by atomic mass is 16.2. The molecule has 1 heterocycles. The summed E-state index contributed by atoms with van der Waals surface area (Å²) in [5.74, 6) is 0.957. The first-order chi connectivity index (χ1) is 8.99. The maximum atomic E-state index is 11.8. The fourth-order valence-electron chi connectivity index (χ4n) is 2.67. The van der Waals surface area contributed by atoms with E-state index in [-0.39, 0.29) is 11.9 Å². The minimum absolute atomic E-state index is 0.000746. The molecule has 0 aliphatic carbocycles. The standard InChI is InChI=1S/C15H31N3O/c1-12(2)9-14(16)15(19)17-10-13(3)11-18-7-5-4-6-8-18/h12-14H,4-11,16H2,1-3H3,(H,17,19). The molecular weight excluding hydrogens is 238 g/mol. The molecule has 0 bridgehead atoms. The summed E-state index contributed by atoms with van der Waals surface area (Å²) in [7, 11) is 0. The molecule has 1 saturated heterocycles. The second-order valence-corrected chi connectivity index (χ2v) is 6.45. The maximum absolute atomic E-state index is 11.8. The molecule has 2 atom stereocenters. The number of hydrogen-bond acceptors (Lipinski definition) is 3. The van der Waals surface area contributed by atoms with E-state index in [0.29, 0.717) is 11.8 Å². The Labute approximate surface area is 118 Å². The number of hydrogen-bond donors (Lipinski definition) is 2. The van der Waals surface area contributed by atoms with Gasteiger partial charge in [0.2, 0.25) is 5.91 Å². The van der Waals surface area contributed by atoms with Crippen molar-refractivity contribution in [2.24, 2.45) is 17.6 Å². The number of carbonyl (C=O) groups is 1. The van der Waals surface area contributed by atoms with E-state index in [1.165, 1.54) is 32.4 Å². The van der Waals surface area contributed by atoms with E-state index >= 15 is 0 Å². The van der Waals surface area contributed by atoms with E-state index in [0.717, 1.165) is 19.5 Å². The predicted octanol–water partition coefficient (Wildman–Crippen LogP) is 1.60. The van der Waals surface area contributed by atoms with Gasteiger partial charge in [-0.1, -0.05) is 27.2 Å². The fourth-order valence-corrected chi connectivity index (χ4v) is 2.67. The maximum Gasteiger partial charge on any atom is 0.236 e. The van der Waals surface area contributed by atoms with Gasteiger partial charge in [-0.3, -0.25) is 4.79 Å². The van der Waals surface area contributed by atoms with Gasteiger partial charge >= 0.3 is 0 Å². The summed E-state index contributed by atoms with van der Waals surface area (Å²) in [6, 6.07) is -0.359. The highest BCUT2D eigenvalue weighted by molar-refractivity contribution is 5.81. The molecule has 112 valence electrons. The van der Waals surface area contributed by atoms with Crippen molar-refractivity contribution in [1.29, 1.82) is 0 Å². The lowest BCUT2D eigenvalue weighted by Crippen LogP contribution is -2.44. The molecule has 1 fully saturated rings. The van der Waals surface area contributed by atoms with Crippen LogP contribution in [-0.2, 0) is 4.79 Å². The van der Waals surface area contributed by atoms with Gasteiger partial charge in [-0.15, -0.1) is 0 Å². The first kappa shape index (κ1) is 16.4. The molecule has 1 aliphatic heterocycles. The minimum Gasteiger partial charge on any atom is -0.354 e. The van der Waals surface area contributed by atoms with Crippen molar-refractivity contribution in [3.63, 3.8) is 0 Å². The summed E-state index contributed by atoms with van der Waals surface area (Å²) in [6.07, 6.45) is 4.76. The monoisotopic (exact) mass is 269 g/mol. The Balaban J connectivity index is 2.17. The molecule has 19 heavy (non-hydrogen) atoms. The van der Waals surface area contributed by atoms with Crippen LogP contribution in [-0.4, -0.2) is 43.0 Å². The van der Waals surface area contributed by atoms with Crippen molar-refractivity contribution < 1.29 is 4.79 Å². The molecule has 4 heteroatoms. The molecule has 1 amide bonds. The molecule has 0 radical (unpaired) electrons. The summed E-state index contributed by atoms with van der Waals surface area (Å²) in [4.78, 5) is 14.3. The Morgan fingerprint density at radius 3 is 2.42 bits per heavy atom. The number of nitrogens with two attached hydrogens (primary N) is 1. The SMILES string of the molecule is CC(C)CC(N)C(=O)NCC(C)CN1CCCCC1. The Morgan fingerprint density at radius 1 is 1.21 bits per heavy atom. The Bertz CT molecular complexity index is 262. The van der Waals surface area contributed by atoms with E-state index in [4.69, 9.17) is 5.73 Å². The smallest absolute Gasteiger partial charge is 0.236 e. The number of rotatable bonds is 7. The Morgan fingerprint density at radius 2 is 1.84 bits per heavy atom. The van der Waals surface area contributed by atoms with Crippen LogP contribution >= 0.6 is 0 Å². The van der Waals surface area contributed by atoms with Gasteiger partial charge in [-0.25, -0.2) is 0 Å². The van der Waals surface area contributed by atoms with Gasteiger partial charge < -0.3 is 16.0 Å². The summed E-state index contributed by atoms with van der Waals surface area (Å²) in [5, 5.41) is 2.99. The molecule has 0 aromatic carbocycles. The molecule has 0 aromatic heterocycles. The van der Waals surface area contributed by atoms with Gasteiger partial charge in [0.15, 0.2) is 0 Å². The van der Waals surface area contributed by atoms with Crippen LogP contribution in [0.15, 0.2) is 0 Å². The van der Waals surface area contributed by atoms with Crippen LogP contribution < -0.4 is 11.1 Å². The van der Waals surface area contributed by atoms with E-state index in [1.54, 1.807) is 0 Å². The Kier molecular flexibility index (Phi) is 7.39. The van der Waals surface area contributed by atoms with Crippen LogP contribution in [0.25, 0.3) is 0 Å². The quantitative estimate of drug-likeness (QED) is 0.738. The van der Waals surface area contributed by atoms with Crippen molar-refractivity contribution in [2.45, 2.75) is 52.5 Å². The number of carbonyl (C=O) groups excluding carboxylic acids is 1. The lowest BCUT2D eigenvalue weighted by molar-refractivity contribution is -0.122. The average Bonchev–Trinajstić information content (AvgIpc) is 2.36. The van der Waals surface area contributed by atoms with E-state index in [1.807, 2.05) is 0 Å². The molecular formula is C15H31N3O. The van der Waals surface area contributed by atoms with E-state index < -0.39 is 0 Å². The zero-order valence-electron chi connectivity index (χ0n) is 12.8. The summed E-state index contributed by atoms with van der Waals surface area (Å²) in [6.45, 7) is 10.6. The van der Waals surface area contributed by atoms with Crippen molar-refractivity contribution in [3.8, 4) is 0 Å². The zero-order chi connectivity index (χ0) is 14.3. The van der Waals surface area contributed by atoms with Crippen LogP contribution in [0.4, 0.5) is 0 Å². The zero-order valence-corrected chi connectivity index (χ0v) is 12.8. The van der Waals surface area contributed by atoms with Gasteiger partial charge in [-0.05, 0) is 44.2 Å². The van der Waals surface area contributed by atoms with Crippen LogP contribution in [0.5, 0.6) is 0 Å². The lowest BCUT2D eigenvalue weighted by atomic mass is 10.0. The number of amides is 1. The highest BCUT2D eigenvalue weighted by Gasteiger charge is 2.17. The second-order valence-electron chi connectivity index (χ2n) is 6.45. The normalized spacial score (nSPS) is 20.3. The average molecular weight is 269 g/mol. The number of piperidine rings is 1. The molecule has 0 spiro atoms. The van der Waals surface area contributed by atoms with Crippen molar-refractivity contribution >= 4 is 5.91 Å². The second kappa shape index (κ2) is 8.54. The molecule has 0 aromatic rings. The van der Waals surface area contributed by atoms with E-state index in [2.05, 4.69) is 31.0 Å². The van der Waals surface area contributed by atoms with Gasteiger partial charge in [0.1, 0.15) is 0 Å². The van der Waals surface area contributed by atoms with E-state index in [9.17, 15) is 4.79 Å². The third-order valence-electron chi connectivity index (χ3n) is 3.71. The van der Waals surface area contributed by atoms with Crippen molar-refractivity contribution in [1.82, 2.24) is 10.2 Å². The van der Waals surface area contributed by atoms with Crippen LogP contribution in [0.3, 0.4) is 0 Å². The third-order valence-corrected chi connectivity index (χ3v) is 3.71. The van der Waals surface area contributed by atoms with Crippen molar-refractivity contribution in [2.75, 3.05) is 26.2 Å². The van der Waals surface area contributed by atoms with Crippen LogP contribution in [0.1, 0.15) is 46.5 Å². The van der Waals surface area contributed by atoms with Crippen LogP contribution in [0.2, 0.25) is 0 Å².